The van der Waals surface area contributed by atoms with Gasteiger partial charge in [-0.05, 0) is 23.1 Å². The molecular formula is C14H22N2O. The first kappa shape index (κ1) is 13.6. The van der Waals surface area contributed by atoms with Crippen molar-refractivity contribution in [3.8, 4) is 0 Å². The summed E-state index contributed by atoms with van der Waals surface area (Å²) in [5.41, 5.74) is 7.54. The molecule has 0 aliphatic heterocycles. The van der Waals surface area contributed by atoms with E-state index >= 15 is 0 Å². The standard InChI is InChI=1S/C14H22N2O/c1-14(2,3)9-13(17)16(4)10-11-6-5-7-12(15)8-11/h5-8H,9-10,15H2,1-4H3. The summed E-state index contributed by atoms with van der Waals surface area (Å²) < 4.78 is 0. The average molecular weight is 234 g/mol. The van der Waals surface area contributed by atoms with Gasteiger partial charge < -0.3 is 10.6 Å². The van der Waals surface area contributed by atoms with Gasteiger partial charge >= 0.3 is 0 Å². The third-order valence-corrected chi connectivity index (χ3v) is 2.48. The van der Waals surface area contributed by atoms with E-state index in [1.54, 1.807) is 4.90 Å². The lowest BCUT2D eigenvalue weighted by Gasteiger charge is -2.23. The first-order valence-electron chi connectivity index (χ1n) is 5.86. The van der Waals surface area contributed by atoms with E-state index in [4.69, 9.17) is 5.73 Å². The summed E-state index contributed by atoms with van der Waals surface area (Å²) >= 11 is 0. The molecule has 3 nitrogen and oxygen atoms in total. The van der Waals surface area contributed by atoms with Crippen LogP contribution >= 0.6 is 0 Å². The zero-order valence-electron chi connectivity index (χ0n) is 11.2. The quantitative estimate of drug-likeness (QED) is 0.817. The first-order chi connectivity index (χ1) is 7.78. The Morgan fingerprint density at radius 1 is 1.35 bits per heavy atom. The number of anilines is 1. The van der Waals surface area contributed by atoms with E-state index in [1.165, 1.54) is 0 Å². The van der Waals surface area contributed by atoms with Gasteiger partial charge in [0, 0.05) is 25.7 Å². The van der Waals surface area contributed by atoms with Crippen molar-refractivity contribution in [1.82, 2.24) is 4.90 Å². The molecule has 0 atom stereocenters. The molecule has 0 saturated carbocycles. The van der Waals surface area contributed by atoms with Crippen molar-refractivity contribution in [2.45, 2.75) is 33.7 Å². The minimum atomic E-state index is 0.0288. The smallest absolute Gasteiger partial charge is 0.223 e. The second-order valence-corrected chi connectivity index (χ2v) is 5.73. The van der Waals surface area contributed by atoms with Crippen LogP contribution in [0.15, 0.2) is 24.3 Å². The van der Waals surface area contributed by atoms with Crippen LogP contribution in [0.3, 0.4) is 0 Å². The van der Waals surface area contributed by atoms with Crippen LogP contribution in [0.2, 0.25) is 0 Å². The fourth-order valence-corrected chi connectivity index (χ4v) is 1.64. The summed E-state index contributed by atoms with van der Waals surface area (Å²) in [6.45, 7) is 6.82. The highest BCUT2D eigenvalue weighted by Crippen LogP contribution is 2.20. The highest BCUT2D eigenvalue weighted by atomic mass is 16.2. The van der Waals surface area contributed by atoms with E-state index < -0.39 is 0 Å². The molecule has 3 heteroatoms. The highest BCUT2D eigenvalue weighted by Gasteiger charge is 2.18. The predicted molar refractivity (Wildman–Crippen MR) is 71.4 cm³/mol. The zero-order chi connectivity index (χ0) is 13.1. The molecule has 0 bridgehead atoms. The summed E-state index contributed by atoms with van der Waals surface area (Å²) in [4.78, 5) is 13.7. The average Bonchev–Trinajstić information content (AvgIpc) is 2.14. The molecule has 0 fully saturated rings. The maximum atomic E-state index is 11.9. The van der Waals surface area contributed by atoms with Crippen molar-refractivity contribution in [2.24, 2.45) is 5.41 Å². The molecule has 1 rings (SSSR count). The Hall–Kier alpha value is -1.51. The molecule has 0 heterocycles. The second-order valence-electron chi connectivity index (χ2n) is 5.73. The van der Waals surface area contributed by atoms with Gasteiger partial charge in [0.15, 0.2) is 0 Å². The van der Waals surface area contributed by atoms with E-state index in [0.717, 1.165) is 11.3 Å². The Balaban J connectivity index is 2.60. The molecule has 0 radical (unpaired) electrons. The molecule has 0 aliphatic rings. The van der Waals surface area contributed by atoms with Gasteiger partial charge in [0.05, 0.1) is 0 Å². The van der Waals surface area contributed by atoms with E-state index in [-0.39, 0.29) is 11.3 Å². The maximum absolute atomic E-state index is 11.9. The van der Waals surface area contributed by atoms with Crippen molar-refractivity contribution >= 4 is 11.6 Å². The monoisotopic (exact) mass is 234 g/mol. The molecule has 1 aromatic carbocycles. The number of carbonyl (C=O) groups excluding carboxylic acids is 1. The van der Waals surface area contributed by atoms with Crippen LogP contribution in [-0.4, -0.2) is 17.9 Å². The lowest BCUT2D eigenvalue weighted by Crippen LogP contribution is -2.29. The SMILES string of the molecule is CN(Cc1cccc(N)c1)C(=O)CC(C)(C)C. The first-order valence-corrected chi connectivity index (χ1v) is 5.86. The molecule has 94 valence electrons. The molecule has 1 amide bonds. The Kier molecular flexibility index (Phi) is 4.16. The molecule has 17 heavy (non-hydrogen) atoms. The fraction of sp³-hybridized carbons (Fsp3) is 0.500. The largest absolute Gasteiger partial charge is 0.399 e. The van der Waals surface area contributed by atoms with Crippen molar-refractivity contribution < 1.29 is 4.79 Å². The number of amides is 1. The van der Waals surface area contributed by atoms with Gasteiger partial charge in [-0.2, -0.15) is 0 Å². The van der Waals surface area contributed by atoms with Gasteiger partial charge in [-0.25, -0.2) is 0 Å². The molecule has 2 N–H and O–H groups in total. The third-order valence-electron chi connectivity index (χ3n) is 2.48. The maximum Gasteiger partial charge on any atom is 0.223 e. The molecule has 0 unspecified atom stereocenters. The van der Waals surface area contributed by atoms with Crippen LogP contribution in [0.4, 0.5) is 5.69 Å². The number of hydrogen-bond acceptors (Lipinski definition) is 2. The van der Waals surface area contributed by atoms with Gasteiger partial charge in [-0.15, -0.1) is 0 Å². The van der Waals surface area contributed by atoms with Gasteiger partial charge in [0.25, 0.3) is 0 Å². The minimum absolute atomic E-state index is 0.0288. The Morgan fingerprint density at radius 3 is 2.53 bits per heavy atom. The van der Waals surface area contributed by atoms with Crippen molar-refractivity contribution in [3.05, 3.63) is 29.8 Å². The highest BCUT2D eigenvalue weighted by molar-refractivity contribution is 5.76. The number of nitrogens with two attached hydrogens (primary N) is 1. The van der Waals surface area contributed by atoms with E-state index in [1.807, 2.05) is 31.3 Å². The Bertz CT molecular complexity index is 393. The topological polar surface area (TPSA) is 46.3 Å². The summed E-state index contributed by atoms with van der Waals surface area (Å²) in [5.74, 6) is 0.167. The molecule has 0 spiro atoms. The van der Waals surface area contributed by atoms with Crippen LogP contribution in [0.1, 0.15) is 32.8 Å². The normalized spacial score (nSPS) is 11.3. The number of benzene rings is 1. The fourth-order valence-electron chi connectivity index (χ4n) is 1.64. The summed E-state index contributed by atoms with van der Waals surface area (Å²) in [5, 5.41) is 0. The van der Waals surface area contributed by atoms with Crippen LogP contribution in [0.25, 0.3) is 0 Å². The minimum Gasteiger partial charge on any atom is -0.399 e. The number of nitrogen functional groups attached to an aromatic ring is 1. The van der Waals surface area contributed by atoms with Crippen LogP contribution < -0.4 is 5.73 Å². The van der Waals surface area contributed by atoms with Gasteiger partial charge in [0.1, 0.15) is 0 Å². The number of hydrogen-bond donors (Lipinski definition) is 1. The number of rotatable bonds is 3. The molecule has 0 aliphatic carbocycles. The molecular weight excluding hydrogens is 212 g/mol. The lowest BCUT2D eigenvalue weighted by molar-refractivity contribution is -0.132. The third kappa shape index (κ3) is 4.89. The van der Waals surface area contributed by atoms with Gasteiger partial charge in [-0.1, -0.05) is 32.9 Å². The van der Waals surface area contributed by atoms with Crippen LogP contribution in [-0.2, 0) is 11.3 Å². The van der Waals surface area contributed by atoms with E-state index in [9.17, 15) is 4.79 Å². The van der Waals surface area contributed by atoms with E-state index in [2.05, 4.69) is 20.8 Å². The Labute approximate surface area is 104 Å². The predicted octanol–water partition coefficient (Wildman–Crippen LogP) is 2.66. The summed E-state index contributed by atoms with van der Waals surface area (Å²) in [6.07, 6.45) is 0.561. The molecule has 1 aromatic rings. The molecule has 0 saturated heterocycles. The van der Waals surface area contributed by atoms with Gasteiger partial charge in [-0.3, -0.25) is 4.79 Å². The van der Waals surface area contributed by atoms with Crippen molar-refractivity contribution in [3.63, 3.8) is 0 Å². The van der Waals surface area contributed by atoms with E-state index in [0.29, 0.717) is 13.0 Å². The van der Waals surface area contributed by atoms with Gasteiger partial charge in [0.2, 0.25) is 5.91 Å². The number of nitrogens with zero attached hydrogens (tertiary/aromatic N) is 1. The second kappa shape index (κ2) is 5.21. The van der Waals surface area contributed by atoms with Crippen LogP contribution in [0.5, 0.6) is 0 Å². The summed E-state index contributed by atoms with van der Waals surface area (Å²) in [7, 11) is 1.83. The molecule has 0 aromatic heterocycles. The van der Waals surface area contributed by atoms with Crippen LogP contribution in [0, 0.1) is 5.41 Å². The number of carbonyl (C=O) groups is 1. The zero-order valence-corrected chi connectivity index (χ0v) is 11.2. The Morgan fingerprint density at radius 2 is 2.00 bits per heavy atom. The van der Waals surface area contributed by atoms with Crippen molar-refractivity contribution in [1.29, 1.82) is 0 Å². The van der Waals surface area contributed by atoms with Crippen molar-refractivity contribution in [2.75, 3.05) is 12.8 Å². The lowest BCUT2D eigenvalue weighted by atomic mass is 9.91. The summed E-state index contributed by atoms with van der Waals surface area (Å²) in [6, 6.07) is 7.64.